The number of anilines is 1. The Balaban J connectivity index is 2.14. The molecule has 1 N–H and O–H groups in total. The lowest BCUT2D eigenvalue weighted by Gasteiger charge is -2.19. The number of hydrogen-bond donors (Lipinski definition) is 1. The molecule has 0 saturated carbocycles. The number of nitrogens with zero attached hydrogens (tertiary/aromatic N) is 1. The molecule has 0 bridgehead atoms. The van der Waals surface area contributed by atoms with E-state index in [-0.39, 0.29) is 28.6 Å². The summed E-state index contributed by atoms with van der Waals surface area (Å²) in [6, 6.07) is 8.40. The molecule has 0 aromatic heterocycles. The summed E-state index contributed by atoms with van der Waals surface area (Å²) in [6.45, 7) is 3.33. The fraction of sp³-hybridized carbons (Fsp3) is 0.300. The molecule has 0 aliphatic heterocycles. The summed E-state index contributed by atoms with van der Waals surface area (Å²) in [5.41, 5.74) is 0.143. The van der Waals surface area contributed by atoms with Crippen molar-refractivity contribution in [3.8, 4) is 5.75 Å². The second-order valence-corrected chi connectivity index (χ2v) is 8.98. The highest BCUT2D eigenvalue weighted by Gasteiger charge is 2.24. The van der Waals surface area contributed by atoms with E-state index in [4.69, 9.17) is 32.7 Å². The van der Waals surface area contributed by atoms with Gasteiger partial charge in [0.2, 0.25) is 10.0 Å². The number of carbonyl (C=O) groups excluding carboxylic acids is 2. The Bertz CT molecular complexity index is 1070. The van der Waals surface area contributed by atoms with Gasteiger partial charge in [-0.25, -0.2) is 13.2 Å². The Morgan fingerprint density at radius 3 is 2.35 bits per heavy atom. The number of amides is 1. The second-order valence-electron chi connectivity index (χ2n) is 6.20. The SMILES string of the molecule is CCN(CC)S(=O)(=O)c1ccc(Cl)c(C(=O)OCC(=O)Nc2cc(Cl)ccc2OC)c1. The highest BCUT2D eigenvalue weighted by molar-refractivity contribution is 7.89. The fourth-order valence-electron chi connectivity index (χ4n) is 2.71. The third kappa shape index (κ3) is 6.10. The minimum absolute atomic E-state index is 0.000385. The van der Waals surface area contributed by atoms with Crippen LogP contribution in [0.4, 0.5) is 5.69 Å². The Labute approximate surface area is 191 Å². The van der Waals surface area contributed by atoms with Gasteiger partial charge in [0.05, 0.1) is 28.3 Å². The maximum atomic E-state index is 12.7. The summed E-state index contributed by atoms with van der Waals surface area (Å²) in [5, 5.41) is 2.91. The summed E-state index contributed by atoms with van der Waals surface area (Å²) in [7, 11) is -2.37. The zero-order valence-corrected chi connectivity index (χ0v) is 19.5. The minimum atomic E-state index is -3.80. The first-order chi connectivity index (χ1) is 14.6. The summed E-state index contributed by atoms with van der Waals surface area (Å²) in [6.07, 6.45) is 0. The van der Waals surface area contributed by atoms with Crippen LogP contribution in [-0.2, 0) is 19.6 Å². The zero-order valence-electron chi connectivity index (χ0n) is 17.1. The lowest BCUT2D eigenvalue weighted by atomic mass is 10.2. The highest BCUT2D eigenvalue weighted by atomic mass is 35.5. The highest BCUT2D eigenvalue weighted by Crippen LogP contribution is 2.28. The van der Waals surface area contributed by atoms with Crippen molar-refractivity contribution >= 4 is 50.8 Å². The topological polar surface area (TPSA) is 102 Å². The van der Waals surface area contributed by atoms with Crippen molar-refractivity contribution in [3.05, 3.63) is 52.0 Å². The molecule has 0 atom stereocenters. The lowest BCUT2D eigenvalue weighted by Crippen LogP contribution is -2.30. The first-order valence-corrected chi connectivity index (χ1v) is 11.4. The van der Waals surface area contributed by atoms with Crippen molar-refractivity contribution in [3.63, 3.8) is 0 Å². The number of nitrogens with one attached hydrogen (secondary N) is 1. The van der Waals surface area contributed by atoms with Crippen LogP contribution in [0.1, 0.15) is 24.2 Å². The van der Waals surface area contributed by atoms with Crippen LogP contribution in [0.15, 0.2) is 41.3 Å². The number of methoxy groups -OCH3 is 1. The van der Waals surface area contributed by atoms with Gasteiger partial charge in [-0.3, -0.25) is 4.79 Å². The van der Waals surface area contributed by atoms with Gasteiger partial charge in [-0.1, -0.05) is 37.0 Å². The number of sulfonamides is 1. The summed E-state index contributed by atoms with van der Waals surface area (Å²) in [4.78, 5) is 24.5. The van der Waals surface area contributed by atoms with Gasteiger partial charge in [0.1, 0.15) is 5.75 Å². The summed E-state index contributed by atoms with van der Waals surface area (Å²) in [5.74, 6) is -1.20. The van der Waals surface area contributed by atoms with E-state index in [2.05, 4.69) is 5.32 Å². The van der Waals surface area contributed by atoms with Crippen molar-refractivity contribution in [2.24, 2.45) is 0 Å². The predicted molar refractivity (Wildman–Crippen MR) is 118 cm³/mol. The molecule has 0 unspecified atom stereocenters. The number of rotatable bonds is 9. The molecule has 0 fully saturated rings. The van der Waals surface area contributed by atoms with Gasteiger partial charge in [-0.2, -0.15) is 4.31 Å². The Morgan fingerprint density at radius 1 is 1.06 bits per heavy atom. The first-order valence-electron chi connectivity index (χ1n) is 9.24. The van der Waals surface area contributed by atoms with E-state index in [1.807, 2.05) is 0 Å². The lowest BCUT2D eigenvalue weighted by molar-refractivity contribution is -0.119. The van der Waals surface area contributed by atoms with Gasteiger partial charge >= 0.3 is 5.97 Å². The summed E-state index contributed by atoms with van der Waals surface area (Å²) < 4.78 is 36.8. The van der Waals surface area contributed by atoms with Crippen molar-refractivity contribution < 1.29 is 27.5 Å². The van der Waals surface area contributed by atoms with E-state index in [1.165, 1.54) is 29.6 Å². The minimum Gasteiger partial charge on any atom is -0.495 e. The molecule has 0 aliphatic rings. The van der Waals surface area contributed by atoms with Gasteiger partial charge in [0.15, 0.2) is 6.61 Å². The van der Waals surface area contributed by atoms with Crippen molar-refractivity contribution in [1.82, 2.24) is 4.31 Å². The average Bonchev–Trinajstić information content (AvgIpc) is 2.73. The number of ether oxygens (including phenoxy) is 2. The fourth-order valence-corrected chi connectivity index (χ4v) is 4.56. The van der Waals surface area contributed by atoms with Crippen LogP contribution in [0, 0.1) is 0 Å². The van der Waals surface area contributed by atoms with Gasteiger partial charge in [-0.15, -0.1) is 0 Å². The largest absolute Gasteiger partial charge is 0.495 e. The first kappa shape index (κ1) is 24.9. The van der Waals surface area contributed by atoms with Gasteiger partial charge in [0.25, 0.3) is 5.91 Å². The maximum absolute atomic E-state index is 12.7. The standard InChI is InChI=1S/C20H22Cl2N2O6S/c1-4-24(5-2)31(27,28)14-7-8-16(22)15(11-14)20(26)30-12-19(25)23-17-10-13(21)6-9-18(17)29-3/h6-11H,4-5,12H2,1-3H3,(H,23,25). The van der Waals surface area contributed by atoms with E-state index < -0.39 is 28.5 Å². The van der Waals surface area contributed by atoms with E-state index in [0.717, 1.165) is 6.07 Å². The van der Waals surface area contributed by atoms with Gasteiger partial charge < -0.3 is 14.8 Å². The second kappa shape index (κ2) is 10.8. The number of carbonyl (C=O) groups is 2. The molecule has 0 saturated heterocycles. The number of hydrogen-bond acceptors (Lipinski definition) is 6. The Kier molecular flexibility index (Phi) is 8.69. The molecule has 2 aromatic carbocycles. The summed E-state index contributed by atoms with van der Waals surface area (Å²) >= 11 is 12.0. The molecule has 0 spiro atoms. The van der Waals surface area contributed by atoms with Crippen LogP contribution >= 0.6 is 23.2 Å². The number of benzene rings is 2. The van der Waals surface area contributed by atoms with Crippen molar-refractivity contribution in [1.29, 1.82) is 0 Å². The molecule has 2 aromatic rings. The van der Waals surface area contributed by atoms with Crippen LogP contribution in [0.5, 0.6) is 5.75 Å². The van der Waals surface area contributed by atoms with Crippen molar-refractivity contribution in [2.45, 2.75) is 18.7 Å². The van der Waals surface area contributed by atoms with Gasteiger partial charge in [0, 0.05) is 18.1 Å². The Hall–Kier alpha value is -2.33. The molecule has 0 aliphatic carbocycles. The van der Waals surface area contributed by atoms with Crippen LogP contribution < -0.4 is 10.1 Å². The molecule has 0 radical (unpaired) electrons. The van der Waals surface area contributed by atoms with Crippen molar-refractivity contribution in [2.75, 3.05) is 32.1 Å². The van der Waals surface area contributed by atoms with Crippen LogP contribution in [0.25, 0.3) is 0 Å². The van der Waals surface area contributed by atoms with E-state index in [1.54, 1.807) is 26.0 Å². The molecule has 31 heavy (non-hydrogen) atoms. The van der Waals surface area contributed by atoms with Crippen LogP contribution in [0.2, 0.25) is 10.0 Å². The smallest absolute Gasteiger partial charge is 0.340 e. The van der Waals surface area contributed by atoms with Crippen LogP contribution in [-0.4, -0.2) is 51.4 Å². The quantitative estimate of drug-likeness (QED) is 0.538. The molecular weight excluding hydrogens is 467 g/mol. The number of esters is 1. The third-order valence-corrected chi connectivity index (χ3v) is 6.88. The molecule has 2 rings (SSSR count). The molecule has 168 valence electrons. The van der Waals surface area contributed by atoms with Crippen LogP contribution in [0.3, 0.4) is 0 Å². The van der Waals surface area contributed by atoms with E-state index in [0.29, 0.717) is 16.5 Å². The molecule has 8 nitrogen and oxygen atoms in total. The third-order valence-electron chi connectivity index (χ3n) is 4.27. The zero-order chi connectivity index (χ0) is 23.2. The molecular formula is C20H22Cl2N2O6S. The monoisotopic (exact) mass is 488 g/mol. The predicted octanol–water partition coefficient (Wildman–Crippen LogP) is 3.83. The van der Waals surface area contributed by atoms with Gasteiger partial charge in [-0.05, 0) is 36.4 Å². The normalized spacial score (nSPS) is 11.3. The van der Waals surface area contributed by atoms with E-state index >= 15 is 0 Å². The Morgan fingerprint density at radius 2 is 1.74 bits per heavy atom. The molecule has 11 heteroatoms. The van der Waals surface area contributed by atoms with E-state index in [9.17, 15) is 18.0 Å². The maximum Gasteiger partial charge on any atom is 0.340 e. The number of halogens is 2. The average molecular weight is 489 g/mol. The molecule has 0 heterocycles. The molecule has 1 amide bonds.